The molecule has 0 bridgehead atoms. The van der Waals surface area contributed by atoms with Gasteiger partial charge >= 0.3 is 0 Å². The van der Waals surface area contributed by atoms with E-state index in [-0.39, 0.29) is 11.2 Å². The number of hydrogen-bond acceptors (Lipinski definition) is 3. The third kappa shape index (κ3) is 2.82. The van der Waals surface area contributed by atoms with Crippen LogP contribution in [0.15, 0.2) is 36.4 Å². The van der Waals surface area contributed by atoms with E-state index in [2.05, 4.69) is 32.0 Å². The molecule has 0 aromatic heterocycles. The predicted octanol–water partition coefficient (Wildman–Crippen LogP) is 4.04. The fourth-order valence-electron chi connectivity index (χ4n) is 2.44. The first-order chi connectivity index (χ1) is 9.90. The van der Waals surface area contributed by atoms with Gasteiger partial charge in [0.15, 0.2) is 11.5 Å². The van der Waals surface area contributed by atoms with Crippen LogP contribution in [0.2, 0.25) is 0 Å². The summed E-state index contributed by atoms with van der Waals surface area (Å²) in [6.07, 6.45) is 0. The largest absolute Gasteiger partial charge is 0.504 e. The fraction of sp³-hybridized carbons (Fsp3) is 0.333. The van der Waals surface area contributed by atoms with E-state index in [1.807, 2.05) is 19.1 Å². The van der Waals surface area contributed by atoms with Gasteiger partial charge in [0.05, 0.1) is 14.2 Å². The lowest BCUT2D eigenvalue weighted by molar-refractivity contribution is 0.372. The molecule has 3 nitrogen and oxygen atoms in total. The van der Waals surface area contributed by atoms with E-state index in [4.69, 9.17) is 9.47 Å². The molecule has 21 heavy (non-hydrogen) atoms. The highest BCUT2D eigenvalue weighted by Gasteiger charge is 2.25. The summed E-state index contributed by atoms with van der Waals surface area (Å²) in [5, 5.41) is 9.74. The third-order valence-corrected chi connectivity index (χ3v) is 4.03. The number of phenols is 1. The van der Waals surface area contributed by atoms with Gasteiger partial charge in [0.25, 0.3) is 0 Å². The Morgan fingerprint density at radius 1 is 0.857 bits per heavy atom. The van der Waals surface area contributed by atoms with Crippen molar-refractivity contribution in [3.8, 4) is 17.2 Å². The summed E-state index contributed by atoms with van der Waals surface area (Å²) in [5.41, 5.74) is 3.11. The van der Waals surface area contributed by atoms with Crippen LogP contribution in [0.1, 0.15) is 30.5 Å². The van der Waals surface area contributed by atoms with Crippen molar-refractivity contribution >= 4 is 0 Å². The minimum Gasteiger partial charge on any atom is -0.504 e. The van der Waals surface area contributed by atoms with Crippen LogP contribution >= 0.6 is 0 Å². The Labute approximate surface area is 126 Å². The molecule has 0 unspecified atom stereocenters. The van der Waals surface area contributed by atoms with E-state index in [9.17, 15) is 5.11 Å². The van der Waals surface area contributed by atoms with Gasteiger partial charge in [-0.05, 0) is 41.8 Å². The lowest BCUT2D eigenvalue weighted by atomic mass is 9.77. The molecule has 2 aromatic carbocycles. The van der Waals surface area contributed by atoms with Gasteiger partial charge in [-0.2, -0.15) is 0 Å². The molecular weight excluding hydrogens is 264 g/mol. The molecule has 0 saturated heterocycles. The van der Waals surface area contributed by atoms with Gasteiger partial charge in [-0.3, -0.25) is 0 Å². The standard InChI is InChI=1S/C18H22O3/c1-12-6-7-13(10-16(12)20-4)18(2,3)14-8-9-15(19)17(11-14)21-5/h6-11,19H,1-5H3. The van der Waals surface area contributed by atoms with Gasteiger partial charge in [-0.25, -0.2) is 0 Å². The fourth-order valence-corrected chi connectivity index (χ4v) is 2.44. The summed E-state index contributed by atoms with van der Waals surface area (Å²) in [6.45, 7) is 6.31. The molecule has 0 amide bonds. The maximum atomic E-state index is 9.74. The summed E-state index contributed by atoms with van der Waals surface area (Å²) in [5.74, 6) is 1.52. The SMILES string of the molecule is COc1cc(C(C)(C)c2ccc(O)c(OC)c2)ccc1C. The summed E-state index contributed by atoms with van der Waals surface area (Å²) < 4.78 is 10.6. The molecule has 0 atom stereocenters. The van der Waals surface area contributed by atoms with Gasteiger partial charge in [-0.15, -0.1) is 0 Å². The van der Waals surface area contributed by atoms with Crippen molar-refractivity contribution in [3.63, 3.8) is 0 Å². The molecule has 0 saturated carbocycles. The number of phenolic OH excluding ortho intramolecular Hbond substituents is 1. The van der Waals surface area contributed by atoms with Crippen molar-refractivity contribution < 1.29 is 14.6 Å². The molecule has 112 valence electrons. The van der Waals surface area contributed by atoms with Crippen LogP contribution in [-0.4, -0.2) is 19.3 Å². The minimum atomic E-state index is -0.220. The van der Waals surface area contributed by atoms with Crippen LogP contribution in [0, 0.1) is 6.92 Å². The van der Waals surface area contributed by atoms with E-state index in [1.54, 1.807) is 20.3 Å². The van der Waals surface area contributed by atoms with Crippen molar-refractivity contribution in [1.82, 2.24) is 0 Å². The smallest absolute Gasteiger partial charge is 0.160 e. The highest BCUT2D eigenvalue weighted by Crippen LogP contribution is 2.38. The van der Waals surface area contributed by atoms with E-state index >= 15 is 0 Å². The van der Waals surface area contributed by atoms with Crippen LogP contribution in [0.25, 0.3) is 0 Å². The van der Waals surface area contributed by atoms with Gasteiger partial charge in [0.1, 0.15) is 5.75 Å². The third-order valence-electron chi connectivity index (χ3n) is 4.03. The number of rotatable bonds is 4. The van der Waals surface area contributed by atoms with E-state index < -0.39 is 0 Å². The Bertz CT molecular complexity index is 589. The van der Waals surface area contributed by atoms with Gasteiger partial charge in [-0.1, -0.05) is 32.0 Å². The van der Waals surface area contributed by atoms with Crippen LogP contribution in [0.3, 0.4) is 0 Å². The first-order valence-corrected chi connectivity index (χ1v) is 6.92. The van der Waals surface area contributed by atoms with Crippen molar-refractivity contribution in [2.75, 3.05) is 14.2 Å². The Morgan fingerprint density at radius 3 is 1.95 bits per heavy atom. The molecule has 0 aliphatic rings. The van der Waals surface area contributed by atoms with E-state index in [0.29, 0.717) is 5.75 Å². The second-order valence-corrected chi connectivity index (χ2v) is 5.70. The van der Waals surface area contributed by atoms with Crippen LogP contribution in [0.4, 0.5) is 0 Å². The molecule has 3 heteroatoms. The van der Waals surface area contributed by atoms with E-state index in [1.165, 1.54) is 0 Å². The van der Waals surface area contributed by atoms with Gasteiger partial charge < -0.3 is 14.6 Å². The quantitative estimate of drug-likeness (QED) is 0.921. The predicted molar refractivity (Wildman–Crippen MR) is 84.5 cm³/mol. The first-order valence-electron chi connectivity index (χ1n) is 6.92. The Hall–Kier alpha value is -2.16. The zero-order chi connectivity index (χ0) is 15.6. The maximum absolute atomic E-state index is 9.74. The topological polar surface area (TPSA) is 38.7 Å². The lowest BCUT2D eigenvalue weighted by Gasteiger charge is -2.27. The molecule has 1 N–H and O–H groups in total. The maximum Gasteiger partial charge on any atom is 0.160 e. The summed E-state index contributed by atoms with van der Waals surface area (Å²) in [7, 11) is 3.24. The molecule has 0 aliphatic carbocycles. The number of ether oxygens (including phenoxy) is 2. The summed E-state index contributed by atoms with van der Waals surface area (Å²) in [4.78, 5) is 0. The highest BCUT2D eigenvalue weighted by molar-refractivity contribution is 5.49. The van der Waals surface area contributed by atoms with Crippen molar-refractivity contribution in [3.05, 3.63) is 53.1 Å². The molecule has 2 aromatic rings. The second-order valence-electron chi connectivity index (χ2n) is 5.70. The van der Waals surface area contributed by atoms with Crippen LogP contribution < -0.4 is 9.47 Å². The summed E-state index contributed by atoms with van der Waals surface area (Å²) in [6, 6.07) is 11.7. The second kappa shape index (κ2) is 5.68. The zero-order valence-electron chi connectivity index (χ0n) is 13.2. The number of hydrogen-bond donors (Lipinski definition) is 1. The van der Waals surface area contributed by atoms with Crippen LogP contribution in [0.5, 0.6) is 17.2 Å². The number of aromatic hydroxyl groups is 1. The molecular formula is C18H22O3. The summed E-state index contributed by atoms with van der Waals surface area (Å²) >= 11 is 0. The highest BCUT2D eigenvalue weighted by atomic mass is 16.5. The zero-order valence-corrected chi connectivity index (χ0v) is 13.2. The normalized spacial score (nSPS) is 11.3. The average Bonchev–Trinajstić information content (AvgIpc) is 2.47. The minimum absolute atomic E-state index is 0.151. The van der Waals surface area contributed by atoms with Crippen molar-refractivity contribution in [2.24, 2.45) is 0 Å². The Balaban J connectivity index is 2.50. The number of aryl methyl sites for hydroxylation is 1. The molecule has 0 aliphatic heterocycles. The first kappa shape index (κ1) is 15.2. The average molecular weight is 286 g/mol. The Morgan fingerprint density at radius 2 is 1.38 bits per heavy atom. The molecule has 0 fully saturated rings. The molecule has 0 spiro atoms. The van der Waals surface area contributed by atoms with Gasteiger partial charge in [0.2, 0.25) is 0 Å². The number of methoxy groups -OCH3 is 2. The monoisotopic (exact) mass is 286 g/mol. The molecule has 0 radical (unpaired) electrons. The van der Waals surface area contributed by atoms with Crippen molar-refractivity contribution in [1.29, 1.82) is 0 Å². The van der Waals surface area contributed by atoms with Crippen molar-refractivity contribution in [2.45, 2.75) is 26.2 Å². The lowest BCUT2D eigenvalue weighted by Crippen LogP contribution is -2.19. The van der Waals surface area contributed by atoms with E-state index in [0.717, 1.165) is 22.4 Å². The Kier molecular flexibility index (Phi) is 4.12. The van der Waals surface area contributed by atoms with Gasteiger partial charge in [0, 0.05) is 5.41 Å². The van der Waals surface area contributed by atoms with Crippen LogP contribution in [-0.2, 0) is 5.41 Å². The number of benzene rings is 2. The molecule has 0 heterocycles. The molecule has 2 rings (SSSR count).